The van der Waals surface area contributed by atoms with Gasteiger partial charge in [0.1, 0.15) is 17.1 Å². The third kappa shape index (κ3) is 4.34. The summed E-state index contributed by atoms with van der Waals surface area (Å²) in [7, 11) is 0. The van der Waals surface area contributed by atoms with E-state index >= 15 is 0 Å². The Bertz CT molecular complexity index is 1480. The highest BCUT2D eigenvalue weighted by atomic mass is 16.6. The Labute approximate surface area is 216 Å². The van der Waals surface area contributed by atoms with Gasteiger partial charge in [0.15, 0.2) is 0 Å². The van der Waals surface area contributed by atoms with Gasteiger partial charge >= 0.3 is 5.97 Å². The van der Waals surface area contributed by atoms with E-state index in [1.165, 1.54) is 41.3 Å². The Hall–Kier alpha value is -5.06. The lowest BCUT2D eigenvalue weighted by Crippen LogP contribution is -2.29. The number of hydrogen-bond acceptors (Lipinski definition) is 8. The minimum Gasteiger partial charge on any atom is -0.494 e. The number of hydrogen-bond donors (Lipinski definition) is 0. The molecule has 3 aromatic rings. The SMILES string of the molecule is CCOc1ccc(N2C[C@H](C(=O)Oc3cccc(N4C(=O)c5cccc([N+](=O)[O-])c5C4=O)c3)CC2=O)cc1. The standard InChI is InChI=1S/C27H21N3O8/c1-2-37-19-11-9-17(10-12-19)28-15-16(13-23(28)31)27(34)38-20-6-3-5-18(14-20)29-25(32)21-7-4-8-22(30(35)36)24(21)26(29)33/h3-12,14,16H,2,13,15H2,1H3/t16-/m1/s1. The van der Waals surface area contributed by atoms with Crippen molar-refractivity contribution < 1.29 is 33.6 Å². The third-order valence-corrected chi connectivity index (χ3v) is 6.30. The first kappa shape index (κ1) is 24.6. The number of carbonyl (C=O) groups excluding carboxylic acids is 4. The molecule has 0 aromatic heterocycles. The van der Waals surface area contributed by atoms with Crippen molar-refractivity contribution in [3.8, 4) is 11.5 Å². The predicted molar refractivity (Wildman–Crippen MR) is 134 cm³/mol. The van der Waals surface area contributed by atoms with Gasteiger partial charge in [-0.1, -0.05) is 12.1 Å². The molecule has 0 bridgehead atoms. The van der Waals surface area contributed by atoms with E-state index < -0.39 is 34.3 Å². The van der Waals surface area contributed by atoms with Crippen LogP contribution in [-0.2, 0) is 9.59 Å². The molecule has 1 saturated heterocycles. The van der Waals surface area contributed by atoms with E-state index in [1.807, 2.05) is 6.92 Å². The Balaban J connectivity index is 1.31. The molecule has 11 heteroatoms. The number of rotatable bonds is 7. The smallest absolute Gasteiger partial charge is 0.316 e. The fourth-order valence-corrected chi connectivity index (χ4v) is 4.54. The van der Waals surface area contributed by atoms with E-state index in [9.17, 15) is 29.3 Å². The summed E-state index contributed by atoms with van der Waals surface area (Å²) >= 11 is 0. The van der Waals surface area contributed by atoms with Crippen molar-refractivity contribution in [2.24, 2.45) is 5.92 Å². The van der Waals surface area contributed by atoms with Crippen LogP contribution in [0.15, 0.2) is 66.7 Å². The van der Waals surface area contributed by atoms with Gasteiger partial charge in [-0.15, -0.1) is 0 Å². The molecule has 0 saturated carbocycles. The predicted octanol–water partition coefficient (Wildman–Crippen LogP) is 3.75. The molecule has 2 aliphatic rings. The van der Waals surface area contributed by atoms with Gasteiger partial charge in [0.2, 0.25) is 5.91 Å². The Kier molecular flexibility index (Phi) is 6.33. The number of ether oxygens (including phenoxy) is 2. The molecule has 1 fully saturated rings. The monoisotopic (exact) mass is 515 g/mol. The number of nitro benzene ring substituents is 1. The zero-order valence-corrected chi connectivity index (χ0v) is 20.2. The third-order valence-electron chi connectivity index (χ3n) is 6.30. The number of nitrogens with zero attached hydrogens (tertiary/aromatic N) is 3. The van der Waals surface area contributed by atoms with Crippen LogP contribution in [-0.4, -0.2) is 41.8 Å². The number of imide groups is 1. The van der Waals surface area contributed by atoms with Crippen LogP contribution in [0.25, 0.3) is 0 Å². The van der Waals surface area contributed by atoms with Crippen LogP contribution >= 0.6 is 0 Å². The van der Waals surface area contributed by atoms with Gasteiger partial charge in [0, 0.05) is 30.8 Å². The molecule has 0 aliphatic carbocycles. The highest BCUT2D eigenvalue weighted by molar-refractivity contribution is 6.35. The second-order valence-corrected chi connectivity index (χ2v) is 8.65. The normalized spacial score (nSPS) is 16.6. The number of amides is 3. The number of nitro groups is 1. The molecule has 3 amide bonds. The maximum atomic E-state index is 13.0. The maximum absolute atomic E-state index is 13.0. The lowest BCUT2D eigenvalue weighted by Gasteiger charge is -2.17. The second-order valence-electron chi connectivity index (χ2n) is 8.65. The molecule has 0 radical (unpaired) electrons. The molecule has 5 rings (SSSR count). The van der Waals surface area contributed by atoms with Gasteiger partial charge in [-0.2, -0.15) is 0 Å². The van der Waals surface area contributed by atoms with Crippen LogP contribution in [0, 0.1) is 16.0 Å². The van der Waals surface area contributed by atoms with Gasteiger partial charge in [0.05, 0.1) is 28.7 Å². The van der Waals surface area contributed by atoms with E-state index in [0.29, 0.717) is 18.0 Å². The molecular formula is C27H21N3O8. The van der Waals surface area contributed by atoms with Crippen molar-refractivity contribution in [1.29, 1.82) is 0 Å². The fraction of sp³-hybridized carbons (Fsp3) is 0.185. The van der Waals surface area contributed by atoms with Crippen molar-refractivity contribution in [2.45, 2.75) is 13.3 Å². The van der Waals surface area contributed by atoms with Gasteiger partial charge in [0.25, 0.3) is 17.5 Å². The zero-order valence-electron chi connectivity index (χ0n) is 20.2. The molecular weight excluding hydrogens is 494 g/mol. The largest absolute Gasteiger partial charge is 0.494 e. The van der Waals surface area contributed by atoms with Crippen molar-refractivity contribution in [1.82, 2.24) is 0 Å². The minimum atomic E-state index is -0.840. The van der Waals surface area contributed by atoms with Crippen LogP contribution in [0.5, 0.6) is 11.5 Å². The van der Waals surface area contributed by atoms with Crippen LogP contribution in [0.3, 0.4) is 0 Å². The molecule has 11 nitrogen and oxygen atoms in total. The van der Waals surface area contributed by atoms with Crippen molar-refractivity contribution >= 4 is 40.8 Å². The van der Waals surface area contributed by atoms with Crippen molar-refractivity contribution in [2.75, 3.05) is 23.0 Å². The summed E-state index contributed by atoms with van der Waals surface area (Å²) in [4.78, 5) is 64.3. The van der Waals surface area contributed by atoms with E-state index in [2.05, 4.69) is 0 Å². The zero-order chi connectivity index (χ0) is 27.0. The van der Waals surface area contributed by atoms with E-state index in [1.54, 1.807) is 24.3 Å². The summed E-state index contributed by atoms with van der Waals surface area (Å²) in [6.45, 7) is 2.52. The Morgan fingerprint density at radius 1 is 0.974 bits per heavy atom. The molecule has 2 aliphatic heterocycles. The number of fused-ring (bicyclic) bond motifs is 1. The molecule has 2 heterocycles. The number of benzene rings is 3. The molecule has 0 unspecified atom stereocenters. The van der Waals surface area contributed by atoms with Gasteiger partial charge in [-0.3, -0.25) is 29.3 Å². The quantitative estimate of drug-likeness (QED) is 0.153. The summed E-state index contributed by atoms with van der Waals surface area (Å²) in [5.74, 6) is -2.41. The summed E-state index contributed by atoms with van der Waals surface area (Å²) < 4.78 is 10.9. The van der Waals surface area contributed by atoms with E-state index in [4.69, 9.17) is 9.47 Å². The summed E-state index contributed by atoms with van der Waals surface area (Å²) in [5, 5.41) is 11.4. The number of esters is 1. The first-order valence-corrected chi connectivity index (χ1v) is 11.8. The molecule has 38 heavy (non-hydrogen) atoms. The molecule has 0 spiro atoms. The van der Waals surface area contributed by atoms with E-state index in [-0.39, 0.29) is 41.4 Å². The number of anilines is 2. The van der Waals surface area contributed by atoms with Crippen LogP contribution < -0.4 is 19.3 Å². The first-order valence-electron chi connectivity index (χ1n) is 11.8. The van der Waals surface area contributed by atoms with E-state index in [0.717, 1.165) is 11.0 Å². The lowest BCUT2D eigenvalue weighted by atomic mass is 10.1. The Morgan fingerprint density at radius 2 is 1.71 bits per heavy atom. The van der Waals surface area contributed by atoms with Gasteiger partial charge in [-0.25, -0.2) is 4.90 Å². The molecule has 0 N–H and O–H groups in total. The minimum absolute atomic E-state index is 0.0339. The number of carbonyl (C=O) groups is 4. The van der Waals surface area contributed by atoms with Crippen LogP contribution in [0.1, 0.15) is 34.1 Å². The highest BCUT2D eigenvalue weighted by Gasteiger charge is 2.42. The average molecular weight is 515 g/mol. The summed E-state index contributed by atoms with van der Waals surface area (Å²) in [6.07, 6.45) is -0.0339. The molecule has 1 atom stereocenters. The summed E-state index contributed by atoms with van der Waals surface area (Å²) in [5.41, 5.74) is -0.104. The lowest BCUT2D eigenvalue weighted by molar-refractivity contribution is -0.385. The molecule has 3 aromatic carbocycles. The maximum Gasteiger partial charge on any atom is 0.316 e. The van der Waals surface area contributed by atoms with Gasteiger partial charge in [-0.05, 0) is 49.4 Å². The topological polar surface area (TPSA) is 136 Å². The average Bonchev–Trinajstić information content (AvgIpc) is 3.42. The highest BCUT2D eigenvalue weighted by Crippen LogP contribution is 2.35. The Morgan fingerprint density at radius 3 is 2.42 bits per heavy atom. The second kappa shape index (κ2) is 9.77. The van der Waals surface area contributed by atoms with Crippen molar-refractivity contribution in [3.63, 3.8) is 0 Å². The summed E-state index contributed by atoms with van der Waals surface area (Å²) in [6, 6.07) is 16.6. The van der Waals surface area contributed by atoms with Crippen LogP contribution in [0.4, 0.5) is 17.1 Å². The fourth-order valence-electron chi connectivity index (χ4n) is 4.54. The van der Waals surface area contributed by atoms with Crippen LogP contribution in [0.2, 0.25) is 0 Å². The van der Waals surface area contributed by atoms with Crippen molar-refractivity contribution in [3.05, 3.63) is 88.0 Å². The first-order chi connectivity index (χ1) is 18.3. The molecule has 192 valence electrons. The van der Waals surface area contributed by atoms with Gasteiger partial charge < -0.3 is 14.4 Å².